The summed E-state index contributed by atoms with van der Waals surface area (Å²) in [5.74, 6) is 1.10. The Morgan fingerprint density at radius 1 is 1.21 bits per heavy atom. The fourth-order valence-electron chi connectivity index (χ4n) is 2.23. The first-order valence-electron chi connectivity index (χ1n) is 8.32. The molecular weight excluding hydrogens is 306 g/mol. The molecule has 136 valence electrons. The van der Waals surface area contributed by atoms with Gasteiger partial charge in [-0.05, 0) is 53.4 Å². The van der Waals surface area contributed by atoms with Gasteiger partial charge in [-0.1, -0.05) is 12.1 Å². The minimum Gasteiger partial charge on any atom is -0.493 e. The van der Waals surface area contributed by atoms with Crippen LogP contribution in [0.3, 0.4) is 0 Å². The molecule has 0 fully saturated rings. The Morgan fingerprint density at radius 3 is 2.58 bits per heavy atom. The Labute approximate surface area is 145 Å². The minimum absolute atomic E-state index is 0.0373. The van der Waals surface area contributed by atoms with Crippen LogP contribution in [0.2, 0.25) is 0 Å². The molecule has 0 aromatic heterocycles. The normalized spacial score (nSPS) is 11.2. The van der Waals surface area contributed by atoms with Gasteiger partial charge in [0.2, 0.25) is 0 Å². The number of carbonyl (C=O) groups is 1. The lowest BCUT2D eigenvalue weighted by Gasteiger charge is -2.21. The van der Waals surface area contributed by atoms with Gasteiger partial charge in [0.1, 0.15) is 0 Å². The molecule has 0 aliphatic carbocycles. The Bertz CT molecular complexity index is 513. The number of rotatable bonds is 10. The molecule has 0 unspecified atom stereocenters. The van der Waals surface area contributed by atoms with Gasteiger partial charge in [-0.2, -0.15) is 0 Å². The summed E-state index contributed by atoms with van der Waals surface area (Å²) in [6.45, 7) is 8.32. The molecule has 0 aliphatic rings. The van der Waals surface area contributed by atoms with Crippen LogP contribution < -0.4 is 25.4 Å². The van der Waals surface area contributed by atoms with E-state index in [-0.39, 0.29) is 18.1 Å². The van der Waals surface area contributed by atoms with E-state index in [0.717, 1.165) is 25.1 Å². The van der Waals surface area contributed by atoms with Crippen LogP contribution in [0.15, 0.2) is 18.2 Å². The van der Waals surface area contributed by atoms with Gasteiger partial charge in [0.25, 0.3) is 5.91 Å². The number of amides is 1. The summed E-state index contributed by atoms with van der Waals surface area (Å²) in [6, 6.07) is 5.73. The van der Waals surface area contributed by atoms with Crippen molar-refractivity contribution in [3.05, 3.63) is 23.8 Å². The molecular formula is C18H31N3O3. The van der Waals surface area contributed by atoms with Crippen molar-refractivity contribution in [3.63, 3.8) is 0 Å². The van der Waals surface area contributed by atoms with Crippen molar-refractivity contribution in [3.8, 4) is 11.5 Å². The number of nitrogens with one attached hydrogen (secondary N) is 3. The smallest absolute Gasteiger partial charge is 0.258 e. The van der Waals surface area contributed by atoms with Crippen molar-refractivity contribution in [2.45, 2.75) is 39.3 Å². The first-order valence-corrected chi connectivity index (χ1v) is 8.32. The van der Waals surface area contributed by atoms with Crippen molar-refractivity contribution in [2.75, 3.05) is 33.9 Å². The van der Waals surface area contributed by atoms with E-state index >= 15 is 0 Å². The van der Waals surface area contributed by atoms with Crippen molar-refractivity contribution in [1.82, 2.24) is 16.0 Å². The van der Waals surface area contributed by atoms with E-state index in [1.54, 1.807) is 7.11 Å². The maximum absolute atomic E-state index is 12.0. The highest BCUT2D eigenvalue weighted by molar-refractivity contribution is 5.78. The largest absolute Gasteiger partial charge is 0.493 e. The molecule has 0 saturated carbocycles. The SMILES string of the molecule is CNCCCNCc1cccc(OC)c1OCC(=O)NC(C)(C)C. The molecule has 1 aromatic rings. The van der Waals surface area contributed by atoms with Crippen LogP contribution in [0, 0.1) is 0 Å². The van der Waals surface area contributed by atoms with Crippen LogP contribution >= 0.6 is 0 Å². The lowest BCUT2D eigenvalue weighted by Crippen LogP contribution is -2.43. The third-order valence-corrected chi connectivity index (χ3v) is 3.24. The number of hydrogen-bond donors (Lipinski definition) is 3. The van der Waals surface area contributed by atoms with Gasteiger partial charge in [0.05, 0.1) is 7.11 Å². The highest BCUT2D eigenvalue weighted by Crippen LogP contribution is 2.31. The van der Waals surface area contributed by atoms with Gasteiger partial charge in [-0.3, -0.25) is 4.79 Å². The quantitative estimate of drug-likeness (QED) is 0.567. The molecule has 1 rings (SSSR count). The fraction of sp³-hybridized carbons (Fsp3) is 0.611. The van der Waals surface area contributed by atoms with Gasteiger partial charge in [-0.15, -0.1) is 0 Å². The monoisotopic (exact) mass is 337 g/mol. The molecule has 1 aromatic carbocycles. The number of para-hydroxylation sites is 1. The van der Waals surface area contributed by atoms with Crippen LogP contribution in [-0.2, 0) is 11.3 Å². The number of ether oxygens (including phenoxy) is 2. The zero-order chi connectivity index (χ0) is 18.0. The Hall–Kier alpha value is -1.79. The van der Waals surface area contributed by atoms with E-state index in [2.05, 4.69) is 16.0 Å². The van der Waals surface area contributed by atoms with Crippen molar-refractivity contribution in [2.24, 2.45) is 0 Å². The standard InChI is InChI=1S/C18H31N3O3/c1-18(2,3)21-16(22)13-24-17-14(8-6-9-15(17)23-5)12-20-11-7-10-19-4/h6,8-9,19-20H,7,10-13H2,1-5H3,(H,21,22). The number of hydrogen-bond acceptors (Lipinski definition) is 5. The van der Waals surface area contributed by atoms with Gasteiger partial charge in [0, 0.05) is 17.6 Å². The molecule has 3 N–H and O–H groups in total. The third kappa shape index (κ3) is 7.66. The molecule has 0 spiro atoms. The summed E-state index contributed by atoms with van der Waals surface area (Å²) in [7, 11) is 3.54. The molecule has 1 amide bonds. The zero-order valence-electron chi connectivity index (χ0n) is 15.5. The summed E-state index contributed by atoms with van der Waals surface area (Å²) in [4.78, 5) is 12.0. The summed E-state index contributed by atoms with van der Waals surface area (Å²) >= 11 is 0. The number of benzene rings is 1. The van der Waals surface area contributed by atoms with Crippen molar-refractivity contribution < 1.29 is 14.3 Å². The van der Waals surface area contributed by atoms with Gasteiger partial charge < -0.3 is 25.4 Å². The molecule has 24 heavy (non-hydrogen) atoms. The van der Waals surface area contributed by atoms with Gasteiger partial charge in [-0.25, -0.2) is 0 Å². The van der Waals surface area contributed by atoms with Crippen LogP contribution in [0.5, 0.6) is 11.5 Å². The van der Waals surface area contributed by atoms with Crippen LogP contribution in [0.25, 0.3) is 0 Å². The second-order valence-corrected chi connectivity index (χ2v) is 6.67. The van der Waals surface area contributed by atoms with Crippen molar-refractivity contribution in [1.29, 1.82) is 0 Å². The molecule has 0 bridgehead atoms. The van der Waals surface area contributed by atoms with E-state index < -0.39 is 0 Å². The Balaban J connectivity index is 2.67. The number of carbonyl (C=O) groups excluding carboxylic acids is 1. The second kappa shape index (κ2) is 10.2. The molecule has 0 radical (unpaired) electrons. The molecule has 6 nitrogen and oxygen atoms in total. The third-order valence-electron chi connectivity index (χ3n) is 3.24. The predicted molar refractivity (Wildman–Crippen MR) is 96.6 cm³/mol. The summed E-state index contributed by atoms with van der Waals surface area (Å²) in [5.41, 5.74) is 0.696. The Morgan fingerprint density at radius 2 is 1.96 bits per heavy atom. The van der Waals surface area contributed by atoms with E-state index in [0.29, 0.717) is 18.0 Å². The van der Waals surface area contributed by atoms with E-state index in [1.807, 2.05) is 46.0 Å². The van der Waals surface area contributed by atoms with Gasteiger partial charge in [0.15, 0.2) is 18.1 Å². The first kappa shape index (κ1) is 20.3. The molecule has 6 heteroatoms. The number of methoxy groups -OCH3 is 1. The summed E-state index contributed by atoms with van der Waals surface area (Å²) in [6.07, 6.45) is 1.05. The van der Waals surface area contributed by atoms with Gasteiger partial charge >= 0.3 is 0 Å². The lowest BCUT2D eigenvalue weighted by atomic mass is 10.1. The predicted octanol–water partition coefficient (Wildman–Crippen LogP) is 1.69. The maximum atomic E-state index is 12.0. The lowest BCUT2D eigenvalue weighted by molar-refractivity contribution is -0.124. The van der Waals surface area contributed by atoms with Crippen LogP contribution in [-0.4, -0.2) is 45.3 Å². The average Bonchev–Trinajstić information content (AvgIpc) is 2.51. The first-order chi connectivity index (χ1) is 11.4. The maximum Gasteiger partial charge on any atom is 0.258 e. The minimum atomic E-state index is -0.279. The summed E-state index contributed by atoms with van der Waals surface area (Å²) < 4.78 is 11.1. The zero-order valence-corrected chi connectivity index (χ0v) is 15.5. The molecule has 0 aliphatic heterocycles. The van der Waals surface area contributed by atoms with E-state index in [4.69, 9.17) is 9.47 Å². The second-order valence-electron chi connectivity index (χ2n) is 6.67. The van der Waals surface area contributed by atoms with Crippen LogP contribution in [0.1, 0.15) is 32.8 Å². The average molecular weight is 337 g/mol. The Kier molecular flexibility index (Phi) is 8.57. The summed E-state index contributed by atoms with van der Waals surface area (Å²) in [5, 5.41) is 9.38. The van der Waals surface area contributed by atoms with Crippen molar-refractivity contribution >= 4 is 5.91 Å². The van der Waals surface area contributed by atoms with E-state index in [9.17, 15) is 4.79 Å². The highest BCUT2D eigenvalue weighted by Gasteiger charge is 2.16. The van der Waals surface area contributed by atoms with E-state index in [1.165, 1.54) is 0 Å². The highest BCUT2D eigenvalue weighted by atomic mass is 16.5. The molecule has 0 heterocycles. The molecule has 0 saturated heterocycles. The van der Waals surface area contributed by atoms with Crippen LogP contribution in [0.4, 0.5) is 0 Å². The fourth-order valence-corrected chi connectivity index (χ4v) is 2.23. The topological polar surface area (TPSA) is 71.6 Å². The molecule has 0 atom stereocenters.